The van der Waals surface area contributed by atoms with Crippen molar-refractivity contribution in [1.29, 1.82) is 0 Å². The van der Waals surface area contributed by atoms with E-state index in [-0.39, 0.29) is 5.78 Å². The van der Waals surface area contributed by atoms with Crippen LogP contribution >= 0.6 is 0 Å². The van der Waals surface area contributed by atoms with Crippen LogP contribution in [0, 0.1) is 5.92 Å². The van der Waals surface area contributed by atoms with Crippen molar-refractivity contribution in [2.75, 3.05) is 25.1 Å². The molecule has 3 nitrogen and oxygen atoms in total. The minimum absolute atomic E-state index is 0.199. The number of hydrogen-bond acceptors (Lipinski definition) is 3. The van der Waals surface area contributed by atoms with Crippen LogP contribution in [0.3, 0.4) is 0 Å². The van der Waals surface area contributed by atoms with Gasteiger partial charge in [-0.3, -0.25) is 4.79 Å². The minimum atomic E-state index is 0.199. The Kier molecular flexibility index (Phi) is 4.76. The van der Waals surface area contributed by atoms with Gasteiger partial charge in [-0.15, -0.1) is 0 Å². The highest BCUT2D eigenvalue weighted by molar-refractivity contribution is 5.96. The van der Waals surface area contributed by atoms with Gasteiger partial charge in [0.15, 0.2) is 5.78 Å². The van der Waals surface area contributed by atoms with Crippen molar-refractivity contribution in [3.05, 3.63) is 29.8 Å². The molecular weight excluding hydrogens is 226 g/mol. The fourth-order valence-corrected chi connectivity index (χ4v) is 2.21. The van der Waals surface area contributed by atoms with E-state index in [1.807, 2.05) is 31.2 Å². The monoisotopic (exact) mass is 247 g/mol. The zero-order valence-corrected chi connectivity index (χ0v) is 10.9. The number of nitrogens with one attached hydrogen (secondary N) is 1. The van der Waals surface area contributed by atoms with Crippen LogP contribution in [0.2, 0.25) is 0 Å². The van der Waals surface area contributed by atoms with E-state index in [1.54, 1.807) is 0 Å². The first kappa shape index (κ1) is 13.1. The zero-order valence-electron chi connectivity index (χ0n) is 10.9. The van der Waals surface area contributed by atoms with E-state index in [2.05, 4.69) is 5.32 Å². The summed E-state index contributed by atoms with van der Waals surface area (Å²) in [7, 11) is 0. The predicted octanol–water partition coefficient (Wildman–Crippen LogP) is 3.12. The Balaban J connectivity index is 1.77. The second-order valence-corrected chi connectivity index (χ2v) is 4.80. The van der Waals surface area contributed by atoms with Crippen molar-refractivity contribution in [3.63, 3.8) is 0 Å². The van der Waals surface area contributed by atoms with Crippen LogP contribution in [0.25, 0.3) is 0 Å². The minimum Gasteiger partial charge on any atom is -0.385 e. The lowest BCUT2D eigenvalue weighted by molar-refractivity contribution is 0.0988. The van der Waals surface area contributed by atoms with Crippen molar-refractivity contribution in [1.82, 2.24) is 0 Å². The number of ether oxygens (including phenoxy) is 1. The molecule has 3 heteroatoms. The van der Waals surface area contributed by atoms with Crippen LogP contribution in [0.1, 0.15) is 36.5 Å². The predicted molar refractivity (Wildman–Crippen MR) is 73.1 cm³/mol. The van der Waals surface area contributed by atoms with E-state index in [1.165, 1.54) is 6.42 Å². The van der Waals surface area contributed by atoms with Crippen molar-refractivity contribution in [2.24, 2.45) is 5.92 Å². The molecule has 0 spiro atoms. The molecule has 98 valence electrons. The van der Waals surface area contributed by atoms with E-state index < -0.39 is 0 Å². The number of rotatable bonds is 6. The third kappa shape index (κ3) is 3.57. The van der Waals surface area contributed by atoms with Gasteiger partial charge in [0.1, 0.15) is 0 Å². The summed E-state index contributed by atoms with van der Waals surface area (Å²) in [5.74, 6) is 0.906. The quantitative estimate of drug-likeness (QED) is 0.785. The Morgan fingerprint density at radius 2 is 2.17 bits per heavy atom. The summed E-state index contributed by atoms with van der Waals surface area (Å²) < 4.78 is 5.35. The smallest absolute Gasteiger partial charge is 0.162 e. The van der Waals surface area contributed by atoms with Gasteiger partial charge in [0.05, 0.1) is 0 Å². The van der Waals surface area contributed by atoms with E-state index in [9.17, 15) is 4.79 Å². The highest BCUT2D eigenvalue weighted by atomic mass is 16.5. The first-order valence-electron chi connectivity index (χ1n) is 6.74. The first-order chi connectivity index (χ1) is 8.79. The molecular formula is C15H21NO2. The lowest BCUT2D eigenvalue weighted by Gasteiger charge is -2.10. The lowest BCUT2D eigenvalue weighted by atomic mass is 10.1. The Hall–Kier alpha value is -1.35. The fourth-order valence-electron chi connectivity index (χ4n) is 2.21. The molecule has 1 atom stereocenters. The third-order valence-electron chi connectivity index (χ3n) is 3.43. The van der Waals surface area contributed by atoms with Gasteiger partial charge in [-0.1, -0.05) is 6.92 Å². The van der Waals surface area contributed by atoms with Crippen LogP contribution < -0.4 is 5.32 Å². The third-order valence-corrected chi connectivity index (χ3v) is 3.43. The van der Waals surface area contributed by atoms with Crippen molar-refractivity contribution >= 4 is 11.5 Å². The van der Waals surface area contributed by atoms with Gasteiger partial charge in [-0.05, 0) is 43.0 Å². The Morgan fingerprint density at radius 3 is 2.78 bits per heavy atom. The number of anilines is 1. The van der Waals surface area contributed by atoms with Gasteiger partial charge in [-0.25, -0.2) is 0 Å². The number of carbonyl (C=O) groups is 1. The fraction of sp³-hybridized carbons (Fsp3) is 0.533. The topological polar surface area (TPSA) is 38.3 Å². The molecule has 2 rings (SSSR count). The molecule has 1 aromatic carbocycles. The van der Waals surface area contributed by atoms with Crippen LogP contribution in [0.15, 0.2) is 24.3 Å². The van der Waals surface area contributed by atoms with Crippen molar-refractivity contribution in [3.8, 4) is 0 Å². The summed E-state index contributed by atoms with van der Waals surface area (Å²) in [6.45, 7) is 4.68. The molecule has 1 saturated heterocycles. The number of Topliss-reactive ketones (excluding diaryl/α,β-unsaturated/α-hetero) is 1. The summed E-state index contributed by atoms with van der Waals surface area (Å²) in [6.07, 6.45) is 2.90. The van der Waals surface area contributed by atoms with Gasteiger partial charge in [0, 0.05) is 37.4 Å². The molecule has 0 saturated carbocycles. The molecule has 1 aliphatic rings. The maximum Gasteiger partial charge on any atom is 0.162 e. The highest BCUT2D eigenvalue weighted by Gasteiger charge is 2.14. The SMILES string of the molecule is CCC(=O)c1ccc(NCCC2CCOC2)cc1. The summed E-state index contributed by atoms with van der Waals surface area (Å²) in [5, 5.41) is 3.39. The summed E-state index contributed by atoms with van der Waals surface area (Å²) in [4.78, 5) is 11.5. The summed E-state index contributed by atoms with van der Waals surface area (Å²) >= 11 is 0. The van der Waals surface area contributed by atoms with Crippen LogP contribution in [-0.2, 0) is 4.74 Å². The van der Waals surface area contributed by atoms with Crippen LogP contribution in [-0.4, -0.2) is 25.5 Å². The van der Waals surface area contributed by atoms with Gasteiger partial charge in [-0.2, -0.15) is 0 Å². The van der Waals surface area contributed by atoms with Crippen molar-refractivity contribution < 1.29 is 9.53 Å². The maximum absolute atomic E-state index is 11.5. The molecule has 0 amide bonds. The van der Waals surface area contributed by atoms with E-state index >= 15 is 0 Å². The van der Waals surface area contributed by atoms with Gasteiger partial charge in [0.2, 0.25) is 0 Å². The van der Waals surface area contributed by atoms with Gasteiger partial charge in [0.25, 0.3) is 0 Å². The van der Waals surface area contributed by atoms with Gasteiger partial charge >= 0.3 is 0 Å². The number of carbonyl (C=O) groups excluding carboxylic acids is 1. The zero-order chi connectivity index (χ0) is 12.8. The van der Waals surface area contributed by atoms with Crippen LogP contribution in [0.5, 0.6) is 0 Å². The maximum atomic E-state index is 11.5. The molecule has 0 radical (unpaired) electrons. The molecule has 0 aliphatic carbocycles. The number of benzene rings is 1. The molecule has 0 aromatic heterocycles. The Labute approximate surface area is 109 Å². The normalized spacial score (nSPS) is 18.8. The molecule has 1 aromatic rings. The molecule has 1 fully saturated rings. The van der Waals surface area contributed by atoms with Gasteiger partial charge < -0.3 is 10.1 Å². The summed E-state index contributed by atoms with van der Waals surface area (Å²) in [6, 6.07) is 7.75. The average Bonchev–Trinajstić information content (AvgIpc) is 2.92. The molecule has 1 aliphatic heterocycles. The van der Waals surface area contributed by atoms with E-state index in [0.717, 1.165) is 37.4 Å². The summed E-state index contributed by atoms with van der Waals surface area (Å²) in [5.41, 5.74) is 1.88. The lowest BCUT2D eigenvalue weighted by Crippen LogP contribution is -2.09. The molecule has 1 unspecified atom stereocenters. The first-order valence-corrected chi connectivity index (χ1v) is 6.74. The number of hydrogen-bond donors (Lipinski definition) is 1. The van der Waals surface area contributed by atoms with E-state index in [4.69, 9.17) is 4.74 Å². The Bertz CT molecular complexity index is 380. The van der Waals surface area contributed by atoms with Crippen LogP contribution in [0.4, 0.5) is 5.69 Å². The standard InChI is InChI=1S/C15H21NO2/c1-2-15(17)13-3-5-14(6-4-13)16-9-7-12-8-10-18-11-12/h3-6,12,16H,2,7-11H2,1H3. The Morgan fingerprint density at radius 1 is 1.39 bits per heavy atom. The molecule has 1 N–H and O–H groups in total. The van der Waals surface area contributed by atoms with Crippen molar-refractivity contribution in [2.45, 2.75) is 26.2 Å². The largest absolute Gasteiger partial charge is 0.385 e. The highest BCUT2D eigenvalue weighted by Crippen LogP contribution is 2.17. The molecule has 0 bridgehead atoms. The average molecular weight is 247 g/mol. The second kappa shape index (κ2) is 6.55. The second-order valence-electron chi connectivity index (χ2n) is 4.80. The van der Waals surface area contributed by atoms with E-state index in [0.29, 0.717) is 12.3 Å². The molecule has 1 heterocycles. The number of ketones is 1. The molecule has 18 heavy (non-hydrogen) atoms.